The molecule has 2 aromatic rings. The standard InChI is InChI=1S/C15H17ClN2S.ClH/c1-18-8-6-12(7-9-18)19-15-13-5-3-2-4-11(13)10-14(16)17-15;/h2-5,10,12H,6-9H2,1H3;1H. The number of rotatable bonds is 2. The normalized spacial score (nSPS) is 17.1. The van der Waals surface area contributed by atoms with Crippen molar-refractivity contribution in [2.75, 3.05) is 20.1 Å². The van der Waals surface area contributed by atoms with Crippen molar-refractivity contribution < 1.29 is 0 Å². The molecule has 5 heteroatoms. The van der Waals surface area contributed by atoms with E-state index in [0.29, 0.717) is 10.4 Å². The molecule has 1 aliphatic rings. The molecule has 0 amide bonds. The van der Waals surface area contributed by atoms with Crippen molar-refractivity contribution in [3.8, 4) is 0 Å². The molecule has 0 saturated carbocycles. The van der Waals surface area contributed by atoms with Crippen molar-refractivity contribution in [1.82, 2.24) is 9.88 Å². The number of likely N-dealkylation sites (tertiary alicyclic amines) is 1. The molecule has 2 heterocycles. The molecule has 20 heavy (non-hydrogen) atoms. The van der Waals surface area contributed by atoms with Crippen LogP contribution in [0, 0.1) is 0 Å². The van der Waals surface area contributed by atoms with E-state index < -0.39 is 0 Å². The van der Waals surface area contributed by atoms with Crippen LogP contribution in [0.4, 0.5) is 0 Å². The van der Waals surface area contributed by atoms with Crippen LogP contribution < -0.4 is 0 Å². The second-order valence-corrected chi connectivity index (χ2v) is 6.77. The molecule has 0 N–H and O–H groups in total. The minimum atomic E-state index is 0. The van der Waals surface area contributed by atoms with Crippen molar-refractivity contribution in [1.29, 1.82) is 0 Å². The van der Waals surface area contributed by atoms with Crippen LogP contribution >= 0.6 is 35.8 Å². The van der Waals surface area contributed by atoms with Crippen LogP contribution in [0.2, 0.25) is 5.15 Å². The van der Waals surface area contributed by atoms with E-state index in [1.54, 1.807) is 0 Å². The summed E-state index contributed by atoms with van der Waals surface area (Å²) in [6, 6.07) is 10.3. The summed E-state index contributed by atoms with van der Waals surface area (Å²) in [6.07, 6.45) is 2.45. The molecular weight excluding hydrogens is 311 g/mol. The summed E-state index contributed by atoms with van der Waals surface area (Å²) >= 11 is 8.02. The first-order valence-electron chi connectivity index (χ1n) is 6.63. The Balaban J connectivity index is 0.00000147. The van der Waals surface area contributed by atoms with E-state index in [9.17, 15) is 0 Å². The van der Waals surface area contributed by atoms with Gasteiger partial charge in [0, 0.05) is 10.6 Å². The van der Waals surface area contributed by atoms with E-state index in [2.05, 4.69) is 35.1 Å². The van der Waals surface area contributed by atoms with Gasteiger partial charge in [-0.2, -0.15) is 0 Å². The van der Waals surface area contributed by atoms with Crippen molar-refractivity contribution >= 4 is 46.5 Å². The molecule has 0 spiro atoms. The quantitative estimate of drug-likeness (QED) is 0.755. The average molecular weight is 329 g/mol. The molecule has 1 saturated heterocycles. The Labute approximate surface area is 135 Å². The maximum Gasteiger partial charge on any atom is 0.131 e. The monoisotopic (exact) mass is 328 g/mol. The molecule has 0 unspecified atom stereocenters. The number of aromatic nitrogens is 1. The highest BCUT2D eigenvalue weighted by Crippen LogP contribution is 2.34. The van der Waals surface area contributed by atoms with Gasteiger partial charge in [-0.05, 0) is 44.4 Å². The highest BCUT2D eigenvalue weighted by molar-refractivity contribution is 8.00. The predicted octanol–water partition coefficient (Wildman–Crippen LogP) is 4.50. The number of hydrogen-bond acceptors (Lipinski definition) is 3. The Kier molecular flexibility index (Phi) is 5.56. The van der Waals surface area contributed by atoms with Crippen LogP contribution in [0.3, 0.4) is 0 Å². The van der Waals surface area contributed by atoms with Gasteiger partial charge >= 0.3 is 0 Å². The zero-order valence-corrected chi connectivity index (χ0v) is 13.8. The van der Waals surface area contributed by atoms with E-state index >= 15 is 0 Å². The minimum Gasteiger partial charge on any atom is -0.306 e. The van der Waals surface area contributed by atoms with E-state index in [1.165, 1.54) is 36.7 Å². The Bertz CT molecular complexity index is 583. The van der Waals surface area contributed by atoms with Gasteiger partial charge in [0.15, 0.2) is 0 Å². The lowest BCUT2D eigenvalue weighted by Crippen LogP contribution is -2.31. The summed E-state index contributed by atoms with van der Waals surface area (Å²) < 4.78 is 0. The second-order valence-electron chi connectivity index (χ2n) is 5.09. The predicted molar refractivity (Wildman–Crippen MR) is 90.4 cm³/mol. The van der Waals surface area contributed by atoms with Gasteiger partial charge in [-0.15, -0.1) is 24.2 Å². The third-order valence-electron chi connectivity index (χ3n) is 3.62. The lowest BCUT2D eigenvalue weighted by molar-refractivity contribution is 0.282. The zero-order chi connectivity index (χ0) is 13.2. The minimum absolute atomic E-state index is 0. The van der Waals surface area contributed by atoms with Gasteiger partial charge in [0.25, 0.3) is 0 Å². The first kappa shape index (κ1) is 15.9. The highest BCUT2D eigenvalue weighted by atomic mass is 35.5. The summed E-state index contributed by atoms with van der Waals surface area (Å²) in [6.45, 7) is 2.35. The first-order valence-corrected chi connectivity index (χ1v) is 7.88. The maximum atomic E-state index is 6.13. The summed E-state index contributed by atoms with van der Waals surface area (Å²) in [4.78, 5) is 6.92. The van der Waals surface area contributed by atoms with E-state index in [0.717, 1.165) is 5.03 Å². The molecule has 2 nitrogen and oxygen atoms in total. The molecule has 0 bridgehead atoms. The van der Waals surface area contributed by atoms with Crippen molar-refractivity contribution in [2.45, 2.75) is 23.1 Å². The molecule has 3 rings (SSSR count). The number of hydrogen-bond donors (Lipinski definition) is 0. The molecular formula is C15H18Cl2N2S. The van der Waals surface area contributed by atoms with Crippen LogP contribution in [0.1, 0.15) is 12.8 Å². The Morgan fingerprint density at radius 2 is 1.95 bits per heavy atom. The Hall–Kier alpha value is -0.480. The number of nitrogens with zero attached hydrogens (tertiary/aromatic N) is 2. The van der Waals surface area contributed by atoms with Crippen molar-refractivity contribution in [3.05, 3.63) is 35.5 Å². The lowest BCUT2D eigenvalue weighted by Gasteiger charge is -2.28. The van der Waals surface area contributed by atoms with Gasteiger partial charge in [-0.25, -0.2) is 4.98 Å². The smallest absolute Gasteiger partial charge is 0.131 e. The first-order chi connectivity index (χ1) is 9.22. The number of thioether (sulfide) groups is 1. The summed E-state index contributed by atoms with van der Waals surface area (Å²) in [5, 5.41) is 4.73. The van der Waals surface area contributed by atoms with E-state index in [-0.39, 0.29) is 12.4 Å². The van der Waals surface area contributed by atoms with Crippen molar-refractivity contribution in [2.24, 2.45) is 0 Å². The van der Waals surface area contributed by atoms with E-state index in [1.807, 2.05) is 23.9 Å². The molecule has 0 aliphatic carbocycles. The molecule has 1 aromatic carbocycles. The van der Waals surface area contributed by atoms with Crippen LogP contribution in [0.5, 0.6) is 0 Å². The molecule has 1 aliphatic heterocycles. The van der Waals surface area contributed by atoms with Gasteiger partial charge in [0.05, 0.1) is 0 Å². The molecule has 1 aromatic heterocycles. The van der Waals surface area contributed by atoms with Gasteiger partial charge in [-0.3, -0.25) is 0 Å². The number of benzene rings is 1. The highest BCUT2D eigenvalue weighted by Gasteiger charge is 2.19. The third kappa shape index (κ3) is 3.59. The molecule has 108 valence electrons. The number of piperidine rings is 1. The zero-order valence-electron chi connectivity index (χ0n) is 11.4. The second kappa shape index (κ2) is 6.99. The van der Waals surface area contributed by atoms with Crippen LogP contribution in [-0.2, 0) is 0 Å². The number of pyridine rings is 1. The fourth-order valence-electron chi connectivity index (χ4n) is 2.49. The van der Waals surface area contributed by atoms with Gasteiger partial charge in [0.1, 0.15) is 10.2 Å². The Morgan fingerprint density at radius 1 is 1.25 bits per heavy atom. The molecule has 0 atom stereocenters. The average Bonchev–Trinajstić information content (AvgIpc) is 2.41. The van der Waals surface area contributed by atoms with Gasteiger partial charge in [0.2, 0.25) is 0 Å². The van der Waals surface area contributed by atoms with Crippen molar-refractivity contribution in [3.63, 3.8) is 0 Å². The number of fused-ring (bicyclic) bond motifs is 1. The van der Waals surface area contributed by atoms with Crippen LogP contribution in [0.25, 0.3) is 10.8 Å². The summed E-state index contributed by atoms with van der Waals surface area (Å²) in [7, 11) is 2.19. The fourth-order valence-corrected chi connectivity index (χ4v) is 3.96. The summed E-state index contributed by atoms with van der Waals surface area (Å²) in [5.74, 6) is 0. The topological polar surface area (TPSA) is 16.1 Å². The van der Waals surface area contributed by atoms with Crippen LogP contribution in [0.15, 0.2) is 35.4 Å². The van der Waals surface area contributed by atoms with Crippen LogP contribution in [-0.4, -0.2) is 35.3 Å². The number of halogens is 2. The van der Waals surface area contributed by atoms with Gasteiger partial charge < -0.3 is 4.90 Å². The SMILES string of the molecule is CN1CCC(Sc2nc(Cl)cc3ccccc23)CC1.Cl. The summed E-state index contributed by atoms with van der Waals surface area (Å²) in [5.41, 5.74) is 0. The fraction of sp³-hybridized carbons (Fsp3) is 0.400. The maximum absolute atomic E-state index is 6.13. The Morgan fingerprint density at radius 3 is 2.70 bits per heavy atom. The lowest BCUT2D eigenvalue weighted by atomic mass is 10.1. The largest absolute Gasteiger partial charge is 0.306 e. The van der Waals surface area contributed by atoms with Gasteiger partial charge in [-0.1, -0.05) is 35.9 Å². The third-order valence-corrected chi connectivity index (χ3v) is 5.15. The molecule has 1 fully saturated rings. The van der Waals surface area contributed by atoms with E-state index in [4.69, 9.17) is 11.6 Å². The molecule has 0 radical (unpaired) electrons.